The Kier molecular flexibility index (Phi) is 3.86. The summed E-state index contributed by atoms with van der Waals surface area (Å²) in [5, 5.41) is 6.38. The number of methoxy groups -OCH3 is 2. The number of ether oxygens (including phenoxy) is 2. The second-order valence-electron chi connectivity index (χ2n) is 3.86. The predicted molar refractivity (Wildman–Crippen MR) is 70.0 cm³/mol. The van der Waals surface area contributed by atoms with Crippen LogP contribution in [0.25, 0.3) is 5.69 Å². The lowest BCUT2D eigenvalue weighted by molar-refractivity contribution is 0.401. The Bertz CT molecular complexity index is 618. The summed E-state index contributed by atoms with van der Waals surface area (Å²) >= 11 is 0. The Morgan fingerprint density at radius 2 is 2.16 bits per heavy atom. The van der Waals surface area contributed by atoms with Crippen molar-refractivity contribution in [3.8, 4) is 17.2 Å². The minimum Gasteiger partial charge on any atom is -0.497 e. The standard InChI is InChI=1S/C12H16N4O3/c1-18-8-3-4-10(19-2)9(7-8)16-11(5-6-13)14-15-12(16)17/h3-4,7H,5-6,13H2,1-2H3,(H,15,17). The van der Waals surface area contributed by atoms with E-state index in [1.54, 1.807) is 32.4 Å². The lowest BCUT2D eigenvalue weighted by Gasteiger charge is -2.11. The highest BCUT2D eigenvalue weighted by molar-refractivity contribution is 5.51. The van der Waals surface area contributed by atoms with Gasteiger partial charge in [-0.3, -0.25) is 0 Å². The molecule has 0 fully saturated rings. The van der Waals surface area contributed by atoms with Gasteiger partial charge >= 0.3 is 5.69 Å². The molecule has 0 saturated carbocycles. The highest BCUT2D eigenvalue weighted by Crippen LogP contribution is 2.27. The molecule has 2 rings (SSSR count). The molecule has 102 valence electrons. The normalized spacial score (nSPS) is 10.5. The lowest BCUT2D eigenvalue weighted by Crippen LogP contribution is -2.19. The van der Waals surface area contributed by atoms with E-state index in [0.29, 0.717) is 36.0 Å². The van der Waals surface area contributed by atoms with Crippen LogP contribution in [0.3, 0.4) is 0 Å². The van der Waals surface area contributed by atoms with Gasteiger partial charge in [0.2, 0.25) is 0 Å². The summed E-state index contributed by atoms with van der Waals surface area (Å²) in [4.78, 5) is 11.9. The van der Waals surface area contributed by atoms with Gasteiger partial charge in [-0.05, 0) is 18.7 Å². The van der Waals surface area contributed by atoms with E-state index in [4.69, 9.17) is 15.2 Å². The van der Waals surface area contributed by atoms with Gasteiger partial charge in [-0.2, -0.15) is 5.10 Å². The largest absolute Gasteiger partial charge is 0.497 e. The Morgan fingerprint density at radius 1 is 1.37 bits per heavy atom. The molecule has 3 N–H and O–H groups in total. The van der Waals surface area contributed by atoms with Crippen LogP contribution in [0.1, 0.15) is 5.82 Å². The Morgan fingerprint density at radius 3 is 2.79 bits per heavy atom. The van der Waals surface area contributed by atoms with Crippen LogP contribution in [0.5, 0.6) is 11.5 Å². The fourth-order valence-electron chi connectivity index (χ4n) is 1.85. The number of hydrogen-bond donors (Lipinski definition) is 2. The van der Waals surface area contributed by atoms with Crippen molar-refractivity contribution in [1.82, 2.24) is 14.8 Å². The van der Waals surface area contributed by atoms with Crippen molar-refractivity contribution in [2.75, 3.05) is 20.8 Å². The summed E-state index contributed by atoms with van der Waals surface area (Å²) in [5.41, 5.74) is 5.75. The first-order chi connectivity index (χ1) is 9.21. The van der Waals surface area contributed by atoms with Crippen molar-refractivity contribution >= 4 is 0 Å². The Hall–Kier alpha value is -2.28. The van der Waals surface area contributed by atoms with E-state index in [0.717, 1.165) is 0 Å². The summed E-state index contributed by atoms with van der Waals surface area (Å²) < 4.78 is 11.9. The van der Waals surface area contributed by atoms with Crippen molar-refractivity contribution < 1.29 is 9.47 Å². The average Bonchev–Trinajstić information content (AvgIpc) is 2.79. The van der Waals surface area contributed by atoms with Crippen molar-refractivity contribution in [3.63, 3.8) is 0 Å². The molecule has 1 aromatic carbocycles. The van der Waals surface area contributed by atoms with Gasteiger partial charge in [-0.1, -0.05) is 0 Å². The second-order valence-corrected chi connectivity index (χ2v) is 3.86. The topological polar surface area (TPSA) is 95.2 Å². The minimum absolute atomic E-state index is 0.338. The van der Waals surface area contributed by atoms with Crippen LogP contribution >= 0.6 is 0 Å². The zero-order valence-electron chi connectivity index (χ0n) is 10.8. The van der Waals surface area contributed by atoms with Gasteiger partial charge in [0.05, 0.1) is 19.9 Å². The number of nitrogens with one attached hydrogen (secondary N) is 1. The third-order valence-corrected chi connectivity index (χ3v) is 2.74. The van der Waals surface area contributed by atoms with Crippen LogP contribution in [-0.4, -0.2) is 35.5 Å². The number of hydrogen-bond acceptors (Lipinski definition) is 5. The molecular formula is C12H16N4O3. The van der Waals surface area contributed by atoms with Gasteiger partial charge < -0.3 is 15.2 Å². The van der Waals surface area contributed by atoms with Crippen molar-refractivity contribution in [1.29, 1.82) is 0 Å². The van der Waals surface area contributed by atoms with Crippen LogP contribution in [0, 0.1) is 0 Å². The monoisotopic (exact) mass is 264 g/mol. The molecule has 0 saturated heterocycles. The van der Waals surface area contributed by atoms with E-state index in [1.807, 2.05) is 0 Å². The predicted octanol–water partition coefficient (Wildman–Crippen LogP) is 0.0790. The van der Waals surface area contributed by atoms with Crippen molar-refractivity contribution in [2.45, 2.75) is 6.42 Å². The third-order valence-electron chi connectivity index (χ3n) is 2.74. The van der Waals surface area contributed by atoms with E-state index in [9.17, 15) is 4.79 Å². The number of nitrogens with two attached hydrogens (primary N) is 1. The number of nitrogens with zero attached hydrogens (tertiary/aromatic N) is 2. The molecule has 1 heterocycles. The molecule has 0 amide bonds. The summed E-state index contributed by atoms with van der Waals surface area (Å²) in [6, 6.07) is 5.21. The molecule has 0 unspecified atom stereocenters. The van der Waals surface area contributed by atoms with Gasteiger partial charge in [-0.25, -0.2) is 14.5 Å². The van der Waals surface area contributed by atoms with E-state index in [2.05, 4.69) is 10.2 Å². The second kappa shape index (κ2) is 5.57. The average molecular weight is 264 g/mol. The van der Waals surface area contributed by atoms with E-state index >= 15 is 0 Å². The molecule has 1 aromatic heterocycles. The smallest absolute Gasteiger partial charge is 0.348 e. The fraction of sp³-hybridized carbons (Fsp3) is 0.333. The molecule has 7 heteroatoms. The van der Waals surface area contributed by atoms with Gasteiger partial charge in [-0.15, -0.1) is 0 Å². The zero-order valence-corrected chi connectivity index (χ0v) is 10.8. The first kappa shape index (κ1) is 13.2. The zero-order chi connectivity index (χ0) is 13.8. The summed E-state index contributed by atoms with van der Waals surface area (Å²) in [6.07, 6.45) is 0.485. The first-order valence-electron chi connectivity index (χ1n) is 5.80. The lowest BCUT2D eigenvalue weighted by atomic mass is 10.2. The number of aromatic nitrogens is 3. The molecule has 7 nitrogen and oxygen atoms in total. The maximum Gasteiger partial charge on any atom is 0.348 e. The number of rotatable bonds is 5. The summed E-state index contributed by atoms with van der Waals surface area (Å²) in [7, 11) is 3.10. The maximum absolute atomic E-state index is 11.9. The van der Waals surface area contributed by atoms with Crippen LogP contribution in [0.15, 0.2) is 23.0 Å². The molecule has 0 radical (unpaired) electrons. The van der Waals surface area contributed by atoms with Crippen LogP contribution in [0.4, 0.5) is 0 Å². The summed E-state index contributed by atoms with van der Waals surface area (Å²) in [5.74, 6) is 1.74. The molecule has 0 aliphatic carbocycles. The highest BCUT2D eigenvalue weighted by atomic mass is 16.5. The molecule has 2 aromatic rings. The molecule has 0 spiro atoms. The molecule has 0 bridgehead atoms. The SMILES string of the molecule is COc1ccc(OC)c(-n2c(CCN)n[nH]c2=O)c1. The van der Waals surface area contributed by atoms with Gasteiger partial charge in [0.25, 0.3) is 0 Å². The van der Waals surface area contributed by atoms with E-state index in [-0.39, 0.29) is 5.69 Å². The van der Waals surface area contributed by atoms with Crippen molar-refractivity contribution in [3.05, 3.63) is 34.5 Å². The van der Waals surface area contributed by atoms with E-state index in [1.165, 1.54) is 4.57 Å². The van der Waals surface area contributed by atoms with E-state index < -0.39 is 0 Å². The molecule has 0 aliphatic rings. The third kappa shape index (κ3) is 2.45. The number of benzene rings is 1. The van der Waals surface area contributed by atoms with Gasteiger partial charge in [0, 0.05) is 12.5 Å². The maximum atomic E-state index is 11.9. The van der Waals surface area contributed by atoms with Gasteiger partial charge in [0.15, 0.2) is 0 Å². The minimum atomic E-state index is -0.338. The van der Waals surface area contributed by atoms with Gasteiger partial charge in [0.1, 0.15) is 17.3 Å². The van der Waals surface area contributed by atoms with Crippen LogP contribution < -0.4 is 20.9 Å². The molecule has 0 aliphatic heterocycles. The first-order valence-corrected chi connectivity index (χ1v) is 5.80. The number of H-pyrrole nitrogens is 1. The Labute approximate surface area is 110 Å². The van der Waals surface area contributed by atoms with Crippen LogP contribution in [-0.2, 0) is 6.42 Å². The fourth-order valence-corrected chi connectivity index (χ4v) is 1.85. The van der Waals surface area contributed by atoms with Crippen LogP contribution in [0.2, 0.25) is 0 Å². The van der Waals surface area contributed by atoms with Crippen molar-refractivity contribution in [2.24, 2.45) is 5.73 Å². The highest BCUT2D eigenvalue weighted by Gasteiger charge is 2.14. The number of aromatic amines is 1. The molecular weight excluding hydrogens is 248 g/mol. The molecule has 0 atom stereocenters. The molecule has 19 heavy (non-hydrogen) atoms. The Balaban J connectivity index is 2.62. The summed E-state index contributed by atoms with van der Waals surface area (Å²) in [6.45, 7) is 0.399. The quantitative estimate of drug-likeness (QED) is 0.797.